The molecule has 0 fully saturated rings. The minimum Gasteiger partial charge on any atom is -0.480 e. The summed E-state index contributed by atoms with van der Waals surface area (Å²) < 4.78 is 0. The van der Waals surface area contributed by atoms with Gasteiger partial charge in [0.15, 0.2) is 0 Å². The molecule has 2 atom stereocenters. The van der Waals surface area contributed by atoms with Crippen LogP contribution in [0.4, 0.5) is 0 Å². The Hall–Kier alpha value is -0.750. The summed E-state index contributed by atoms with van der Waals surface area (Å²) in [6, 6.07) is -1.67. The van der Waals surface area contributed by atoms with E-state index in [2.05, 4.69) is 17.9 Å². The third-order valence-corrected chi connectivity index (χ3v) is 1.58. The number of rotatable bonds is 4. The van der Waals surface area contributed by atoms with Crippen LogP contribution in [0.5, 0.6) is 0 Å². The molecule has 0 aliphatic rings. The van der Waals surface area contributed by atoms with Crippen molar-refractivity contribution in [1.29, 1.82) is 0 Å². The molecule has 0 aromatic heterocycles. The molecule has 0 aromatic rings. The first kappa shape index (κ1) is 11.2. The van der Waals surface area contributed by atoms with Crippen LogP contribution in [-0.2, 0) is 9.59 Å². The Kier molecular flexibility index (Phi) is 4.68. The normalized spacial score (nSPS) is 14.9. The van der Waals surface area contributed by atoms with Crippen molar-refractivity contribution in [1.82, 2.24) is 5.32 Å². The summed E-state index contributed by atoms with van der Waals surface area (Å²) in [5, 5.41) is 10.7. The fraction of sp³-hybridized carbons (Fsp3) is 0.667. The van der Waals surface area contributed by atoms with Gasteiger partial charge in [0.25, 0.3) is 0 Å². The molecule has 5 nitrogen and oxygen atoms in total. The zero-order valence-electron chi connectivity index (χ0n) is 6.65. The fourth-order valence-electron chi connectivity index (χ4n) is 0.489. The maximum absolute atomic E-state index is 10.9. The quantitative estimate of drug-likeness (QED) is 0.422. The highest BCUT2D eigenvalue weighted by Gasteiger charge is 2.19. The van der Waals surface area contributed by atoms with Crippen LogP contribution in [0.2, 0.25) is 0 Å². The van der Waals surface area contributed by atoms with Gasteiger partial charge in [0.1, 0.15) is 6.04 Å². The summed E-state index contributed by atoms with van der Waals surface area (Å²) in [6.45, 7) is 1.48. The summed E-state index contributed by atoms with van der Waals surface area (Å²) in [5.74, 6) is -1.55. The monoisotopic (exact) mass is 192 g/mol. The van der Waals surface area contributed by atoms with E-state index in [-0.39, 0.29) is 5.75 Å². The number of nitrogens with two attached hydrogens (primary N) is 1. The predicted octanol–water partition coefficient (Wildman–Crippen LogP) is -1.17. The Balaban J connectivity index is 4.03. The average Bonchev–Trinajstić information content (AvgIpc) is 1.98. The van der Waals surface area contributed by atoms with Crippen molar-refractivity contribution < 1.29 is 14.7 Å². The molecule has 70 valence electrons. The molecule has 0 aromatic carbocycles. The summed E-state index contributed by atoms with van der Waals surface area (Å²) in [6.07, 6.45) is 0. The van der Waals surface area contributed by atoms with Crippen molar-refractivity contribution in [2.24, 2.45) is 5.73 Å². The molecule has 1 amide bonds. The second kappa shape index (κ2) is 5.00. The van der Waals surface area contributed by atoms with Gasteiger partial charge < -0.3 is 16.2 Å². The highest BCUT2D eigenvalue weighted by molar-refractivity contribution is 7.80. The maximum Gasteiger partial charge on any atom is 0.327 e. The summed E-state index contributed by atoms with van der Waals surface area (Å²) >= 11 is 3.76. The Morgan fingerprint density at radius 1 is 1.67 bits per heavy atom. The SMILES string of the molecule is CC(N)C(=O)NC(CS)C(=O)O. The van der Waals surface area contributed by atoms with E-state index in [0.717, 1.165) is 0 Å². The van der Waals surface area contributed by atoms with Gasteiger partial charge in [-0.15, -0.1) is 0 Å². The lowest BCUT2D eigenvalue weighted by Crippen LogP contribution is -2.48. The largest absolute Gasteiger partial charge is 0.480 e. The number of thiol groups is 1. The van der Waals surface area contributed by atoms with Crippen LogP contribution in [-0.4, -0.2) is 34.8 Å². The highest BCUT2D eigenvalue weighted by Crippen LogP contribution is 1.89. The lowest BCUT2D eigenvalue weighted by molar-refractivity contribution is -0.141. The van der Waals surface area contributed by atoms with Crippen LogP contribution in [0.15, 0.2) is 0 Å². The summed E-state index contributed by atoms with van der Waals surface area (Å²) in [5.41, 5.74) is 5.21. The molecular formula is C6H12N2O3S. The van der Waals surface area contributed by atoms with Crippen LogP contribution in [0.3, 0.4) is 0 Å². The molecule has 0 aliphatic heterocycles. The zero-order chi connectivity index (χ0) is 9.72. The summed E-state index contributed by atoms with van der Waals surface area (Å²) in [4.78, 5) is 21.3. The van der Waals surface area contributed by atoms with Crippen molar-refractivity contribution in [3.05, 3.63) is 0 Å². The Labute approximate surface area is 75.7 Å². The van der Waals surface area contributed by atoms with E-state index < -0.39 is 24.0 Å². The first-order valence-electron chi connectivity index (χ1n) is 3.38. The number of nitrogens with one attached hydrogen (secondary N) is 1. The second-order valence-electron chi connectivity index (χ2n) is 2.37. The maximum atomic E-state index is 10.9. The minimum absolute atomic E-state index is 0.0494. The molecule has 0 bridgehead atoms. The number of carboxylic acids is 1. The molecule has 0 saturated heterocycles. The van der Waals surface area contributed by atoms with Crippen molar-refractivity contribution in [3.8, 4) is 0 Å². The lowest BCUT2D eigenvalue weighted by Gasteiger charge is -2.13. The molecule has 0 heterocycles. The van der Waals surface area contributed by atoms with E-state index in [1.807, 2.05) is 0 Å². The third-order valence-electron chi connectivity index (χ3n) is 1.21. The van der Waals surface area contributed by atoms with Crippen molar-refractivity contribution in [2.75, 3.05) is 5.75 Å². The van der Waals surface area contributed by atoms with Gasteiger partial charge >= 0.3 is 5.97 Å². The van der Waals surface area contributed by atoms with Crippen LogP contribution >= 0.6 is 12.6 Å². The van der Waals surface area contributed by atoms with Crippen LogP contribution in [0.25, 0.3) is 0 Å². The summed E-state index contributed by atoms with van der Waals surface area (Å²) in [7, 11) is 0. The molecule has 6 heteroatoms. The highest BCUT2D eigenvalue weighted by atomic mass is 32.1. The molecule has 12 heavy (non-hydrogen) atoms. The Morgan fingerprint density at radius 2 is 2.17 bits per heavy atom. The lowest BCUT2D eigenvalue weighted by atomic mass is 10.3. The standard InChI is InChI=1S/C6H12N2O3S/c1-3(7)5(9)8-4(2-12)6(10)11/h3-4,12H,2,7H2,1H3,(H,8,9)(H,10,11). The van der Waals surface area contributed by atoms with E-state index >= 15 is 0 Å². The van der Waals surface area contributed by atoms with Gasteiger partial charge in [-0.05, 0) is 6.92 Å². The predicted molar refractivity (Wildman–Crippen MR) is 47.1 cm³/mol. The van der Waals surface area contributed by atoms with E-state index in [1.165, 1.54) is 6.92 Å². The van der Waals surface area contributed by atoms with E-state index in [4.69, 9.17) is 10.8 Å². The van der Waals surface area contributed by atoms with Gasteiger partial charge in [-0.3, -0.25) is 4.79 Å². The number of carboxylic acid groups (broad SMARTS) is 1. The topological polar surface area (TPSA) is 92.4 Å². The van der Waals surface area contributed by atoms with E-state index in [0.29, 0.717) is 0 Å². The van der Waals surface area contributed by atoms with Crippen molar-refractivity contribution in [2.45, 2.75) is 19.0 Å². The van der Waals surface area contributed by atoms with Gasteiger partial charge in [-0.1, -0.05) is 0 Å². The van der Waals surface area contributed by atoms with Gasteiger partial charge in [-0.25, -0.2) is 4.79 Å². The second-order valence-corrected chi connectivity index (χ2v) is 2.74. The molecule has 4 N–H and O–H groups in total. The smallest absolute Gasteiger partial charge is 0.327 e. The molecule has 0 aliphatic carbocycles. The number of hydrogen-bond acceptors (Lipinski definition) is 4. The number of hydrogen-bond donors (Lipinski definition) is 4. The first-order chi connectivity index (χ1) is 5.49. The number of aliphatic carboxylic acids is 1. The minimum atomic E-state index is -1.11. The van der Waals surface area contributed by atoms with Crippen LogP contribution in [0.1, 0.15) is 6.92 Å². The van der Waals surface area contributed by atoms with Gasteiger partial charge in [0.05, 0.1) is 6.04 Å². The van der Waals surface area contributed by atoms with Gasteiger partial charge in [-0.2, -0.15) is 12.6 Å². The third kappa shape index (κ3) is 3.59. The molecule has 2 unspecified atom stereocenters. The Bertz CT molecular complexity index is 184. The van der Waals surface area contributed by atoms with Crippen LogP contribution < -0.4 is 11.1 Å². The van der Waals surface area contributed by atoms with E-state index in [1.54, 1.807) is 0 Å². The van der Waals surface area contributed by atoms with Gasteiger partial charge in [0, 0.05) is 5.75 Å². The van der Waals surface area contributed by atoms with Crippen molar-refractivity contribution in [3.63, 3.8) is 0 Å². The van der Waals surface area contributed by atoms with Crippen molar-refractivity contribution >= 4 is 24.5 Å². The first-order valence-corrected chi connectivity index (χ1v) is 4.02. The molecule has 0 saturated carbocycles. The number of carbonyl (C=O) groups excluding carboxylic acids is 1. The van der Waals surface area contributed by atoms with Crippen LogP contribution in [0, 0.1) is 0 Å². The molecular weight excluding hydrogens is 180 g/mol. The number of carbonyl (C=O) groups is 2. The number of amides is 1. The van der Waals surface area contributed by atoms with E-state index in [9.17, 15) is 9.59 Å². The van der Waals surface area contributed by atoms with Gasteiger partial charge in [0.2, 0.25) is 5.91 Å². The fourth-order valence-corrected chi connectivity index (χ4v) is 0.736. The Morgan fingerprint density at radius 3 is 2.42 bits per heavy atom. The zero-order valence-corrected chi connectivity index (χ0v) is 7.54. The average molecular weight is 192 g/mol. The molecule has 0 radical (unpaired) electrons. The molecule has 0 spiro atoms. The molecule has 0 rings (SSSR count).